The van der Waals surface area contributed by atoms with Crippen LogP contribution in [0.25, 0.3) is 0 Å². The molecular weight excluding hydrogens is 258 g/mol. The Morgan fingerprint density at radius 2 is 1.90 bits per heavy atom. The summed E-state index contributed by atoms with van der Waals surface area (Å²) in [6, 6.07) is 13.3. The van der Waals surface area contributed by atoms with Gasteiger partial charge >= 0.3 is 0 Å². The third kappa shape index (κ3) is 3.24. The molecule has 3 nitrogen and oxygen atoms in total. The standard InChI is InChI=1S/C18H23N3/c1-13-11-14(2)20-18(17(13)12-19-15-9-10-15)21(3)16-7-5-4-6-8-16/h4-8,11,15,19H,9-10,12H2,1-3H3. The minimum Gasteiger partial charge on any atom is -0.329 e. The van der Waals surface area contributed by atoms with Crippen molar-refractivity contribution in [3.8, 4) is 0 Å². The van der Waals surface area contributed by atoms with Crippen molar-refractivity contribution >= 4 is 11.5 Å². The van der Waals surface area contributed by atoms with Crippen LogP contribution in [0.1, 0.15) is 29.7 Å². The van der Waals surface area contributed by atoms with Gasteiger partial charge < -0.3 is 10.2 Å². The molecule has 1 aromatic carbocycles. The van der Waals surface area contributed by atoms with E-state index in [0.717, 1.165) is 18.1 Å². The number of pyridine rings is 1. The number of nitrogens with one attached hydrogen (secondary N) is 1. The predicted molar refractivity (Wildman–Crippen MR) is 88.1 cm³/mol. The monoisotopic (exact) mass is 281 g/mol. The van der Waals surface area contributed by atoms with Crippen molar-refractivity contribution in [3.63, 3.8) is 0 Å². The lowest BCUT2D eigenvalue weighted by Crippen LogP contribution is -2.21. The number of rotatable bonds is 5. The first-order valence-electron chi connectivity index (χ1n) is 7.64. The minimum atomic E-state index is 0.709. The second-order valence-corrected chi connectivity index (χ2v) is 5.93. The van der Waals surface area contributed by atoms with Crippen LogP contribution in [0.2, 0.25) is 0 Å². The van der Waals surface area contributed by atoms with Crippen molar-refractivity contribution in [2.75, 3.05) is 11.9 Å². The van der Waals surface area contributed by atoms with E-state index in [1.54, 1.807) is 0 Å². The summed E-state index contributed by atoms with van der Waals surface area (Å²) >= 11 is 0. The quantitative estimate of drug-likeness (QED) is 0.905. The number of para-hydroxylation sites is 1. The number of aromatic nitrogens is 1. The van der Waals surface area contributed by atoms with Gasteiger partial charge in [0.2, 0.25) is 0 Å². The van der Waals surface area contributed by atoms with Crippen LogP contribution in [-0.4, -0.2) is 18.1 Å². The molecule has 1 N–H and O–H groups in total. The molecule has 3 heteroatoms. The largest absolute Gasteiger partial charge is 0.329 e. The first kappa shape index (κ1) is 14.1. The number of benzene rings is 1. The van der Waals surface area contributed by atoms with E-state index < -0.39 is 0 Å². The lowest BCUT2D eigenvalue weighted by atomic mass is 10.1. The summed E-state index contributed by atoms with van der Waals surface area (Å²) in [5.74, 6) is 1.06. The van der Waals surface area contributed by atoms with Gasteiger partial charge in [0.15, 0.2) is 0 Å². The maximum absolute atomic E-state index is 4.79. The zero-order valence-corrected chi connectivity index (χ0v) is 13.1. The average Bonchev–Trinajstić information content (AvgIpc) is 3.30. The summed E-state index contributed by atoms with van der Waals surface area (Å²) in [6.45, 7) is 5.14. The zero-order valence-electron chi connectivity index (χ0n) is 13.1. The fourth-order valence-electron chi connectivity index (χ4n) is 2.65. The number of anilines is 2. The smallest absolute Gasteiger partial charge is 0.137 e. The summed E-state index contributed by atoms with van der Waals surface area (Å²) < 4.78 is 0. The van der Waals surface area contributed by atoms with Gasteiger partial charge in [-0.3, -0.25) is 0 Å². The molecule has 0 spiro atoms. The average molecular weight is 281 g/mol. The van der Waals surface area contributed by atoms with Gasteiger partial charge in [-0.2, -0.15) is 0 Å². The second kappa shape index (κ2) is 5.86. The molecule has 0 unspecified atom stereocenters. The Bertz CT molecular complexity index is 618. The molecule has 3 rings (SSSR count). The summed E-state index contributed by atoms with van der Waals surface area (Å²) in [7, 11) is 2.09. The molecule has 1 aliphatic carbocycles. The molecule has 1 aromatic heterocycles. The maximum Gasteiger partial charge on any atom is 0.137 e. The number of aryl methyl sites for hydroxylation is 2. The van der Waals surface area contributed by atoms with Crippen LogP contribution in [-0.2, 0) is 6.54 Å². The van der Waals surface area contributed by atoms with Crippen LogP contribution in [0.3, 0.4) is 0 Å². The summed E-state index contributed by atoms with van der Waals surface area (Å²) in [6.07, 6.45) is 2.62. The fourth-order valence-corrected chi connectivity index (χ4v) is 2.65. The molecule has 0 aliphatic heterocycles. The molecule has 0 bridgehead atoms. The van der Waals surface area contributed by atoms with Crippen molar-refractivity contribution in [3.05, 3.63) is 53.2 Å². The van der Waals surface area contributed by atoms with Gasteiger partial charge in [-0.05, 0) is 50.5 Å². The highest BCUT2D eigenvalue weighted by Gasteiger charge is 2.22. The lowest BCUT2D eigenvalue weighted by molar-refractivity contribution is 0.682. The van der Waals surface area contributed by atoms with Crippen LogP contribution in [0, 0.1) is 13.8 Å². The molecule has 21 heavy (non-hydrogen) atoms. The highest BCUT2D eigenvalue weighted by atomic mass is 15.2. The third-order valence-corrected chi connectivity index (χ3v) is 4.06. The molecule has 0 atom stereocenters. The van der Waals surface area contributed by atoms with Crippen molar-refractivity contribution in [2.24, 2.45) is 0 Å². The van der Waals surface area contributed by atoms with Gasteiger partial charge in [0.1, 0.15) is 5.82 Å². The molecule has 110 valence electrons. The molecule has 1 aliphatic rings. The van der Waals surface area contributed by atoms with E-state index in [0.29, 0.717) is 6.04 Å². The zero-order chi connectivity index (χ0) is 14.8. The Morgan fingerprint density at radius 1 is 1.19 bits per heavy atom. The third-order valence-electron chi connectivity index (χ3n) is 4.06. The highest BCUT2D eigenvalue weighted by molar-refractivity contribution is 5.63. The van der Waals surface area contributed by atoms with E-state index in [1.807, 2.05) is 6.07 Å². The van der Waals surface area contributed by atoms with Gasteiger partial charge in [-0.1, -0.05) is 18.2 Å². The number of nitrogens with zero attached hydrogens (tertiary/aromatic N) is 2. The van der Waals surface area contributed by atoms with Gasteiger partial charge in [-0.15, -0.1) is 0 Å². The van der Waals surface area contributed by atoms with Gasteiger partial charge in [-0.25, -0.2) is 4.98 Å². The van der Waals surface area contributed by atoms with E-state index in [2.05, 4.69) is 61.4 Å². The summed E-state index contributed by atoms with van der Waals surface area (Å²) in [4.78, 5) is 6.98. The predicted octanol–water partition coefficient (Wildman–Crippen LogP) is 3.72. The summed E-state index contributed by atoms with van der Waals surface area (Å²) in [5, 5.41) is 3.61. The molecule has 0 radical (unpaired) electrons. The SMILES string of the molecule is Cc1cc(C)c(CNC2CC2)c(N(C)c2ccccc2)n1. The van der Waals surface area contributed by atoms with Crippen LogP contribution in [0.5, 0.6) is 0 Å². The fraction of sp³-hybridized carbons (Fsp3) is 0.389. The van der Waals surface area contributed by atoms with E-state index >= 15 is 0 Å². The van der Waals surface area contributed by atoms with Crippen molar-refractivity contribution in [1.29, 1.82) is 0 Å². The van der Waals surface area contributed by atoms with Crippen molar-refractivity contribution < 1.29 is 0 Å². The first-order chi connectivity index (χ1) is 10.1. The minimum absolute atomic E-state index is 0.709. The molecule has 0 amide bonds. The van der Waals surface area contributed by atoms with Crippen LogP contribution in [0.4, 0.5) is 11.5 Å². The van der Waals surface area contributed by atoms with Gasteiger partial charge in [0.25, 0.3) is 0 Å². The van der Waals surface area contributed by atoms with Crippen LogP contribution < -0.4 is 10.2 Å². The molecule has 1 saturated carbocycles. The second-order valence-electron chi connectivity index (χ2n) is 5.93. The number of hydrogen-bond acceptors (Lipinski definition) is 3. The topological polar surface area (TPSA) is 28.2 Å². The Balaban J connectivity index is 1.94. The molecular formula is C18H23N3. The van der Waals surface area contributed by atoms with E-state index in [4.69, 9.17) is 4.98 Å². The summed E-state index contributed by atoms with van der Waals surface area (Å²) in [5.41, 5.74) is 4.86. The normalized spacial score (nSPS) is 14.2. The van der Waals surface area contributed by atoms with Crippen LogP contribution >= 0.6 is 0 Å². The Kier molecular flexibility index (Phi) is 3.93. The number of hydrogen-bond donors (Lipinski definition) is 1. The van der Waals surface area contributed by atoms with Crippen molar-refractivity contribution in [2.45, 2.75) is 39.3 Å². The van der Waals surface area contributed by atoms with Gasteiger partial charge in [0.05, 0.1) is 0 Å². The van der Waals surface area contributed by atoms with E-state index in [1.165, 1.54) is 29.7 Å². The molecule has 1 fully saturated rings. The Morgan fingerprint density at radius 3 is 2.57 bits per heavy atom. The lowest BCUT2D eigenvalue weighted by Gasteiger charge is -2.23. The molecule has 0 saturated heterocycles. The van der Waals surface area contributed by atoms with E-state index in [9.17, 15) is 0 Å². The van der Waals surface area contributed by atoms with E-state index in [-0.39, 0.29) is 0 Å². The maximum atomic E-state index is 4.79. The van der Waals surface area contributed by atoms with Crippen molar-refractivity contribution in [1.82, 2.24) is 10.3 Å². The molecule has 1 heterocycles. The molecule has 2 aromatic rings. The highest BCUT2D eigenvalue weighted by Crippen LogP contribution is 2.29. The Labute approximate surface area is 127 Å². The first-order valence-corrected chi connectivity index (χ1v) is 7.64. The van der Waals surface area contributed by atoms with Crippen LogP contribution in [0.15, 0.2) is 36.4 Å². The van der Waals surface area contributed by atoms with Gasteiger partial charge in [0, 0.05) is 36.6 Å². The Hall–Kier alpha value is -1.87.